The Balaban J connectivity index is 2.86. The van der Waals surface area contributed by atoms with Crippen LogP contribution in [-0.2, 0) is 0 Å². The van der Waals surface area contributed by atoms with Crippen molar-refractivity contribution in [2.24, 2.45) is 0 Å². The molecule has 0 atom stereocenters. The van der Waals surface area contributed by atoms with Crippen molar-refractivity contribution in [3.8, 4) is 6.07 Å². The van der Waals surface area contributed by atoms with Crippen LogP contribution in [0.5, 0.6) is 0 Å². The van der Waals surface area contributed by atoms with E-state index in [-0.39, 0.29) is 18.1 Å². The fourth-order valence-electron chi connectivity index (χ4n) is 1.12. The molecule has 0 aliphatic heterocycles. The smallest absolute Gasteiger partial charge is 0.269 e. The zero-order valence-electron chi connectivity index (χ0n) is 8.58. The summed E-state index contributed by atoms with van der Waals surface area (Å²) in [5.74, 6) is -0.337. The number of carbonyl (C=O) groups excluding carboxylic acids is 1. The maximum Gasteiger partial charge on any atom is 0.269 e. The highest BCUT2D eigenvalue weighted by Crippen LogP contribution is 2.12. The molecule has 1 aromatic carbocycles. The van der Waals surface area contributed by atoms with E-state index in [2.05, 4.69) is 0 Å². The molecule has 6 nitrogen and oxygen atoms in total. The Kier molecular flexibility index (Phi) is 3.56. The zero-order valence-corrected chi connectivity index (χ0v) is 8.58. The number of hydrogen-bond acceptors (Lipinski definition) is 4. The minimum absolute atomic E-state index is 0.0180. The molecule has 6 heteroatoms. The molecule has 1 aromatic rings. The number of non-ortho nitro benzene ring substituents is 1. The zero-order chi connectivity index (χ0) is 12.1. The molecule has 82 valence electrons. The lowest BCUT2D eigenvalue weighted by molar-refractivity contribution is -0.384. The lowest BCUT2D eigenvalue weighted by atomic mass is 10.2. The van der Waals surface area contributed by atoms with Gasteiger partial charge in [-0.05, 0) is 12.1 Å². The van der Waals surface area contributed by atoms with Gasteiger partial charge in [0.05, 0.1) is 11.0 Å². The van der Waals surface area contributed by atoms with Gasteiger partial charge >= 0.3 is 0 Å². The van der Waals surface area contributed by atoms with E-state index in [0.717, 1.165) is 0 Å². The average Bonchev–Trinajstić information content (AvgIpc) is 2.28. The number of carbonyl (C=O) groups is 1. The molecule has 0 aromatic heterocycles. The second-order valence-electron chi connectivity index (χ2n) is 3.12. The number of hydrogen-bond donors (Lipinski definition) is 0. The van der Waals surface area contributed by atoms with Gasteiger partial charge in [-0.1, -0.05) is 0 Å². The van der Waals surface area contributed by atoms with Gasteiger partial charge in [-0.25, -0.2) is 0 Å². The van der Waals surface area contributed by atoms with Crippen molar-refractivity contribution < 1.29 is 9.72 Å². The molecule has 0 radical (unpaired) electrons. The van der Waals surface area contributed by atoms with Crippen LogP contribution >= 0.6 is 0 Å². The fraction of sp³-hybridized carbons (Fsp3) is 0.200. The number of amides is 1. The van der Waals surface area contributed by atoms with Crippen molar-refractivity contribution >= 4 is 11.6 Å². The SMILES string of the molecule is CN(CC#N)C(=O)c1ccc([N+](=O)[O-])cc1. The Morgan fingerprint density at radius 3 is 2.50 bits per heavy atom. The summed E-state index contributed by atoms with van der Waals surface area (Å²) < 4.78 is 0. The molecule has 0 aliphatic rings. The van der Waals surface area contributed by atoms with Crippen LogP contribution in [0.25, 0.3) is 0 Å². The molecule has 1 amide bonds. The maximum absolute atomic E-state index is 11.6. The molecule has 0 fully saturated rings. The Labute approximate surface area is 91.9 Å². The van der Waals surface area contributed by atoms with Gasteiger partial charge in [0.25, 0.3) is 11.6 Å². The van der Waals surface area contributed by atoms with Crippen LogP contribution in [0.2, 0.25) is 0 Å². The molecule has 0 saturated heterocycles. The van der Waals surface area contributed by atoms with Crippen molar-refractivity contribution in [2.75, 3.05) is 13.6 Å². The first-order valence-electron chi connectivity index (χ1n) is 4.43. The summed E-state index contributed by atoms with van der Waals surface area (Å²) in [6.07, 6.45) is 0. The Hall–Kier alpha value is -2.42. The normalized spacial score (nSPS) is 9.25. The number of rotatable bonds is 3. The molecule has 16 heavy (non-hydrogen) atoms. The van der Waals surface area contributed by atoms with E-state index in [4.69, 9.17) is 5.26 Å². The molecular formula is C10H9N3O3. The number of benzene rings is 1. The van der Waals surface area contributed by atoms with Crippen molar-refractivity contribution in [3.63, 3.8) is 0 Å². The summed E-state index contributed by atoms with van der Waals surface area (Å²) in [5, 5.41) is 18.8. The highest BCUT2D eigenvalue weighted by atomic mass is 16.6. The lowest BCUT2D eigenvalue weighted by Crippen LogP contribution is -2.26. The van der Waals surface area contributed by atoms with Crippen LogP contribution in [-0.4, -0.2) is 29.3 Å². The van der Waals surface area contributed by atoms with E-state index >= 15 is 0 Å². The van der Waals surface area contributed by atoms with Crippen molar-refractivity contribution in [2.45, 2.75) is 0 Å². The van der Waals surface area contributed by atoms with Crippen molar-refractivity contribution in [3.05, 3.63) is 39.9 Å². The van der Waals surface area contributed by atoms with E-state index in [1.807, 2.05) is 6.07 Å². The first kappa shape index (κ1) is 11.7. The Bertz CT molecular complexity index is 447. The van der Waals surface area contributed by atoms with E-state index in [1.165, 1.54) is 36.2 Å². The number of nitriles is 1. The highest BCUT2D eigenvalue weighted by Gasteiger charge is 2.12. The van der Waals surface area contributed by atoms with Gasteiger partial charge in [0.2, 0.25) is 0 Å². The van der Waals surface area contributed by atoms with Gasteiger partial charge in [0, 0.05) is 24.7 Å². The molecule has 1 rings (SSSR count). The lowest BCUT2D eigenvalue weighted by Gasteiger charge is -2.12. The molecule has 0 heterocycles. The van der Waals surface area contributed by atoms with Gasteiger partial charge in [-0.2, -0.15) is 5.26 Å². The minimum Gasteiger partial charge on any atom is -0.328 e. The maximum atomic E-state index is 11.6. The monoisotopic (exact) mass is 219 g/mol. The average molecular weight is 219 g/mol. The third kappa shape index (κ3) is 2.54. The Morgan fingerprint density at radius 2 is 2.06 bits per heavy atom. The molecular weight excluding hydrogens is 210 g/mol. The highest BCUT2D eigenvalue weighted by molar-refractivity contribution is 5.94. The van der Waals surface area contributed by atoms with Crippen LogP contribution in [0.3, 0.4) is 0 Å². The third-order valence-electron chi connectivity index (χ3n) is 1.98. The topological polar surface area (TPSA) is 87.2 Å². The molecule has 0 saturated carbocycles. The molecule has 0 aliphatic carbocycles. The fourth-order valence-corrected chi connectivity index (χ4v) is 1.12. The van der Waals surface area contributed by atoms with Gasteiger partial charge in [-0.3, -0.25) is 14.9 Å². The second-order valence-corrected chi connectivity index (χ2v) is 3.12. The summed E-state index contributed by atoms with van der Waals surface area (Å²) in [5.41, 5.74) is 0.253. The number of nitro benzene ring substituents is 1. The van der Waals surface area contributed by atoms with E-state index in [1.54, 1.807) is 0 Å². The summed E-state index contributed by atoms with van der Waals surface area (Å²) in [7, 11) is 1.49. The molecule has 0 spiro atoms. The predicted molar refractivity (Wildman–Crippen MR) is 55.7 cm³/mol. The number of nitro groups is 1. The quantitative estimate of drug-likeness (QED) is 0.434. The van der Waals surface area contributed by atoms with Gasteiger partial charge in [0.15, 0.2) is 0 Å². The van der Waals surface area contributed by atoms with E-state index in [9.17, 15) is 14.9 Å². The summed E-state index contributed by atoms with van der Waals surface area (Å²) >= 11 is 0. The standard InChI is InChI=1S/C10H9N3O3/c1-12(7-6-11)10(14)8-2-4-9(5-3-8)13(15)16/h2-5H,7H2,1H3. The number of nitrogens with zero attached hydrogens (tertiary/aromatic N) is 3. The third-order valence-corrected chi connectivity index (χ3v) is 1.98. The summed E-state index contributed by atoms with van der Waals surface area (Å²) in [6, 6.07) is 7.10. The van der Waals surface area contributed by atoms with Crippen LogP contribution in [0, 0.1) is 21.4 Å². The van der Waals surface area contributed by atoms with Gasteiger partial charge in [-0.15, -0.1) is 0 Å². The van der Waals surface area contributed by atoms with Gasteiger partial charge < -0.3 is 4.90 Å². The van der Waals surface area contributed by atoms with Crippen molar-refractivity contribution in [1.29, 1.82) is 5.26 Å². The first-order valence-corrected chi connectivity index (χ1v) is 4.43. The van der Waals surface area contributed by atoms with E-state index in [0.29, 0.717) is 5.56 Å². The largest absolute Gasteiger partial charge is 0.328 e. The molecule has 0 bridgehead atoms. The van der Waals surface area contributed by atoms with Crippen LogP contribution in [0.4, 0.5) is 5.69 Å². The van der Waals surface area contributed by atoms with Crippen molar-refractivity contribution in [1.82, 2.24) is 4.90 Å². The minimum atomic E-state index is -0.534. The molecule has 0 unspecified atom stereocenters. The van der Waals surface area contributed by atoms with Gasteiger partial charge in [0.1, 0.15) is 6.54 Å². The Morgan fingerprint density at radius 1 is 1.50 bits per heavy atom. The summed E-state index contributed by atoms with van der Waals surface area (Å²) in [4.78, 5) is 22.7. The predicted octanol–water partition coefficient (Wildman–Crippen LogP) is 1.19. The van der Waals surface area contributed by atoms with Crippen LogP contribution in [0.15, 0.2) is 24.3 Å². The van der Waals surface area contributed by atoms with Crippen LogP contribution < -0.4 is 0 Å². The molecule has 0 N–H and O–H groups in total. The van der Waals surface area contributed by atoms with E-state index < -0.39 is 4.92 Å². The first-order chi connectivity index (χ1) is 7.56. The van der Waals surface area contributed by atoms with Crippen LogP contribution in [0.1, 0.15) is 10.4 Å². The summed E-state index contributed by atoms with van der Waals surface area (Å²) in [6.45, 7) is -0.0180. The second kappa shape index (κ2) is 4.89.